The van der Waals surface area contributed by atoms with Gasteiger partial charge in [0.2, 0.25) is 0 Å². The highest BCUT2D eigenvalue weighted by Gasteiger charge is 2.07. The summed E-state index contributed by atoms with van der Waals surface area (Å²) in [7, 11) is 3.82. The fourth-order valence-corrected chi connectivity index (χ4v) is 0.448. The molecule has 0 bridgehead atoms. The lowest BCUT2D eigenvalue weighted by atomic mass is 10.4. The number of nitriles is 1. The van der Waals surface area contributed by atoms with Gasteiger partial charge in [0, 0.05) is 0 Å². The zero-order valence-corrected chi connectivity index (χ0v) is 6.96. The Hall–Kier alpha value is -0.590. The molecule has 0 rings (SSSR count). The first-order chi connectivity index (χ1) is 4.57. The van der Waals surface area contributed by atoms with Crippen molar-refractivity contribution >= 4 is 0 Å². The van der Waals surface area contributed by atoms with E-state index in [1.165, 1.54) is 0 Å². The van der Waals surface area contributed by atoms with Crippen molar-refractivity contribution in [2.24, 2.45) is 0 Å². The largest absolute Gasteiger partial charge is 0.346 e. The number of rotatable bonds is 3. The van der Waals surface area contributed by atoms with Gasteiger partial charge in [-0.1, -0.05) is 0 Å². The van der Waals surface area contributed by atoms with Gasteiger partial charge in [0.25, 0.3) is 0 Å². The van der Waals surface area contributed by atoms with Gasteiger partial charge in [0.05, 0.1) is 6.07 Å². The van der Waals surface area contributed by atoms with Crippen molar-refractivity contribution in [3.8, 4) is 6.07 Å². The number of ether oxygens (including phenoxy) is 1. The topological polar surface area (TPSA) is 36.3 Å². The molecule has 0 spiro atoms. The van der Waals surface area contributed by atoms with Crippen molar-refractivity contribution in [1.82, 2.24) is 4.90 Å². The van der Waals surface area contributed by atoms with Crippen LogP contribution < -0.4 is 0 Å². The Morgan fingerprint density at radius 1 is 1.40 bits per heavy atom. The maximum Gasteiger partial charge on any atom is 0.143 e. The van der Waals surface area contributed by atoms with E-state index in [9.17, 15) is 0 Å². The second-order valence-electron chi connectivity index (χ2n) is 2.47. The van der Waals surface area contributed by atoms with Gasteiger partial charge in [-0.3, -0.25) is 4.90 Å². The predicted molar refractivity (Wildman–Crippen MR) is 39.3 cm³/mol. The van der Waals surface area contributed by atoms with Crippen molar-refractivity contribution in [2.75, 3.05) is 14.1 Å². The summed E-state index contributed by atoms with van der Waals surface area (Å²) in [6, 6.07) is 2.00. The second-order valence-corrected chi connectivity index (χ2v) is 2.47. The zero-order valence-electron chi connectivity index (χ0n) is 6.96. The smallest absolute Gasteiger partial charge is 0.143 e. The molecule has 0 fully saturated rings. The summed E-state index contributed by atoms with van der Waals surface area (Å²) < 4.78 is 5.23. The Bertz CT molecular complexity index is 128. The van der Waals surface area contributed by atoms with E-state index in [-0.39, 0.29) is 12.3 Å². The third kappa shape index (κ3) is 3.44. The van der Waals surface area contributed by atoms with Gasteiger partial charge in [-0.2, -0.15) is 5.26 Å². The quantitative estimate of drug-likeness (QED) is 0.547. The summed E-state index contributed by atoms with van der Waals surface area (Å²) in [5.74, 6) is 0. The zero-order chi connectivity index (χ0) is 8.15. The van der Waals surface area contributed by atoms with Crippen LogP contribution in [0.5, 0.6) is 0 Å². The molecule has 2 atom stereocenters. The molecule has 0 aliphatic heterocycles. The summed E-state index contributed by atoms with van der Waals surface area (Å²) in [5.41, 5.74) is 0. The molecule has 0 radical (unpaired) electrons. The Morgan fingerprint density at radius 2 is 1.90 bits per heavy atom. The van der Waals surface area contributed by atoms with Gasteiger partial charge in [-0.05, 0) is 27.9 Å². The van der Waals surface area contributed by atoms with Crippen molar-refractivity contribution in [1.29, 1.82) is 5.26 Å². The molecule has 0 aromatic heterocycles. The molecular formula is C7H14N2O. The first-order valence-electron chi connectivity index (χ1n) is 3.29. The monoisotopic (exact) mass is 142 g/mol. The lowest BCUT2D eigenvalue weighted by molar-refractivity contribution is -0.0425. The van der Waals surface area contributed by atoms with Gasteiger partial charge in [0.15, 0.2) is 0 Å². The minimum Gasteiger partial charge on any atom is -0.346 e. The number of hydrogen-bond acceptors (Lipinski definition) is 3. The molecule has 0 aromatic carbocycles. The molecule has 0 aromatic rings. The fourth-order valence-electron chi connectivity index (χ4n) is 0.448. The highest BCUT2D eigenvalue weighted by Crippen LogP contribution is 1.98. The average molecular weight is 142 g/mol. The summed E-state index contributed by atoms with van der Waals surface area (Å²) in [6.45, 7) is 3.65. The summed E-state index contributed by atoms with van der Waals surface area (Å²) in [6.07, 6.45) is -0.313. The van der Waals surface area contributed by atoms with Crippen molar-refractivity contribution in [2.45, 2.75) is 26.2 Å². The molecule has 3 heteroatoms. The third-order valence-electron chi connectivity index (χ3n) is 1.31. The molecule has 0 saturated heterocycles. The van der Waals surface area contributed by atoms with Gasteiger partial charge in [-0.15, -0.1) is 0 Å². The van der Waals surface area contributed by atoms with Gasteiger partial charge < -0.3 is 4.74 Å². The van der Waals surface area contributed by atoms with Crippen LogP contribution in [0.15, 0.2) is 0 Å². The summed E-state index contributed by atoms with van der Waals surface area (Å²) >= 11 is 0. The van der Waals surface area contributed by atoms with Crippen LogP contribution in [0.1, 0.15) is 13.8 Å². The maximum atomic E-state index is 8.37. The molecule has 0 amide bonds. The van der Waals surface area contributed by atoms with Crippen molar-refractivity contribution in [3.05, 3.63) is 0 Å². The van der Waals surface area contributed by atoms with Crippen LogP contribution in [0, 0.1) is 11.3 Å². The average Bonchev–Trinajstić information content (AvgIpc) is 1.87. The Labute approximate surface area is 62.2 Å². The molecule has 0 aliphatic carbocycles. The first-order valence-corrected chi connectivity index (χ1v) is 3.29. The van der Waals surface area contributed by atoms with Crippen LogP contribution in [0.4, 0.5) is 0 Å². The molecule has 0 aliphatic rings. The minimum atomic E-state index is -0.322. The summed E-state index contributed by atoms with van der Waals surface area (Å²) in [4.78, 5) is 1.91. The lowest BCUT2D eigenvalue weighted by Crippen LogP contribution is -2.30. The second kappa shape index (κ2) is 4.26. The van der Waals surface area contributed by atoms with Crippen LogP contribution >= 0.6 is 0 Å². The van der Waals surface area contributed by atoms with Gasteiger partial charge >= 0.3 is 0 Å². The molecular weight excluding hydrogens is 128 g/mol. The Balaban J connectivity index is 3.59. The van der Waals surface area contributed by atoms with E-state index in [0.717, 1.165) is 0 Å². The molecule has 0 saturated carbocycles. The minimum absolute atomic E-state index is 0.00894. The van der Waals surface area contributed by atoms with E-state index in [4.69, 9.17) is 10.00 Å². The van der Waals surface area contributed by atoms with Crippen molar-refractivity contribution < 1.29 is 4.74 Å². The summed E-state index contributed by atoms with van der Waals surface area (Å²) in [5, 5.41) is 8.37. The highest BCUT2D eigenvalue weighted by molar-refractivity contribution is 4.79. The normalized spacial score (nSPS) is 16.4. The van der Waals surface area contributed by atoms with Crippen LogP contribution in [0.3, 0.4) is 0 Å². The molecule has 58 valence electrons. The van der Waals surface area contributed by atoms with E-state index in [1.807, 2.05) is 32.0 Å². The highest BCUT2D eigenvalue weighted by atomic mass is 16.5. The maximum absolute atomic E-state index is 8.37. The molecule has 2 unspecified atom stereocenters. The van der Waals surface area contributed by atoms with Crippen LogP contribution in [0.25, 0.3) is 0 Å². The van der Waals surface area contributed by atoms with E-state index < -0.39 is 0 Å². The van der Waals surface area contributed by atoms with Gasteiger partial charge in [-0.25, -0.2) is 0 Å². The number of nitrogens with zero attached hydrogens (tertiary/aromatic N) is 2. The van der Waals surface area contributed by atoms with Crippen molar-refractivity contribution in [3.63, 3.8) is 0 Å². The predicted octanol–water partition coefficient (Wildman–Crippen LogP) is 0.823. The Kier molecular flexibility index (Phi) is 4.01. The fraction of sp³-hybridized carbons (Fsp3) is 0.857. The third-order valence-corrected chi connectivity index (χ3v) is 1.31. The molecule has 0 N–H and O–H groups in total. The van der Waals surface area contributed by atoms with Crippen LogP contribution in [0.2, 0.25) is 0 Å². The van der Waals surface area contributed by atoms with Gasteiger partial charge in [0.1, 0.15) is 12.3 Å². The first kappa shape index (κ1) is 9.41. The van der Waals surface area contributed by atoms with E-state index in [2.05, 4.69) is 0 Å². The van der Waals surface area contributed by atoms with E-state index in [1.54, 1.807) is 6.92 Å². The lowest BCUT2D eigenvalue weighted by Gasteiger charge is -2.20. The standard InChI is InChI=1S/C7H14N2O/c1-6(5-8)10-7(2)9(3)4/h6-7H,1-4H3. The van der Waals surface area contributed by atoms with E-state index >= 15 is 0 Å². The van der Waals surface area contributed by atoms with Crippen LogP contribution in [-0.4, -0.2) is 31.3 Å². The molecule has 0 heterocycles. The van der Waals surface area contributed by atoms with Crippen LogP contribution in [-0.2, 0) is 4.74 Å². The SMILES string of the molecule is CC(C#N)OC(C)N(C)C. The molecule has 10 heavy (non-hydrogen) atoms. The Morgan fingerprint density at radius 3 is 2.20 bits per heavy atom. The number of hydrogen-bond donors (Lipinski definition) is 0. The van der Waals surface area contributed by atoms with E-state index in [0.29, 0.717) is 0 Å². The molecule has 3 nitrogen and oxygen atoms in total.